The minimum absolute atomic E-state index is 0.276. The van der Waals surface area contributed by atoms with Gasteiger partial charge >= 0.3 is 5.97 Å². The molecule has 0 fully saturated rings. The van der Waals surface area contributed by atoms with Crippen molar-refractivity contribution in [1.29, 1.82) is 0 Å². The van der Waals surface area contributed by atoms with E-state index in [9.17, 15) is 4.79 Å². The monoisotopic (exact) mass is 211 g/mol. The Kier molecular flexibility index (Phi) is 3.52. The lowest BCUT2D eigenvalue weighted by molar-refractivity contribution is 0.0695. The van der Waals surface area contributed by atoms with Gasteiger partial charge in [0.25, 0.3) is 0 Å². The van der Waals surface area contributed by atoms with Gasteiger partial charge in [-0.15, -0.1) is 11.8 Å². The van der Waals surface area contributed by atoms with Gasteiger partial charge in [-0.2, -0.15) is 0 Å². The number of aromatic nitrogens is 1. The summed E-state index contributed by atoms with van der Waals surface area (Å²) in [4.78, 5) is 14.9. The molecular formula is C10H13NO2S. The van der Waals surface area contributed by atoms with Crippen molar-refractivity contribution in [3.8, 4) is 0 Å². The summed E-state index contributed by atoms with van der Waals surface area (Å²) in [6.45, 7) is 5.87. The van der Waals surface area contributed by atoms with Gasteiger partial charge in [0, 0.05) is 5.25 Å². The van der Waals surface area contributed by atoms with Crippen LogP contribution in [0.1, 0.15) is 29.9 Å². The molecule has 0 aliphatic rings. The van der Waals surface area contributed by atoms with Crippen LogP contribution in [0, 0.1) is 6.92 Å². The van der Waals surface area contributed by atoms with Crippen LogP contribution in [-0.4, -0.2) is 21.3 Å². The lowest BCUT2D eigenvalue weighted by atomic mass is 10.2. The Labute approximate surface area is 87.6 Å². The molecule has 76 valence electrons. The van der Waals surface area contributed by atoms with Crippen molar-refractivity contribution >= 4 is 17.7 Å². The van der Waals surface area contributed by atoms with E-state index in [2.05, 4.69) is 18.8 Å². The first kappa shape index (κ1) is 11.0. The van der Waals surface area contributed by atoms with Crippen LogP contribution in [0.15, 0.2) is 17.2 Å². The van der Waals surface area contributed by atoms with E-state index >= 15 is 0 Å². The number of carboxylic acids is 1. The van der Waals surface area contributed by atoms with Crippen molar-refractivity contribution < 1.29 is 9.90 Å². The average molecular weight is 211 g/mol. The predicted octanol–water partition coefficient (Wildman–Crippen LogP) is 2.59. The maximum Gasteiger partial charge on any atom is 0.337 e. The van der Waals surface area contributed by atoms with Gasteiger partial charge in [0.15, 0.2) is 0 Å². The molecule has 0 aliphatic carbocycles. The number of pyridine rings is 1. The molecule has 0 spiro atoms. The second-order valence-corrected chi connectivity index (χ2v) is 4.85. The molecule has 1 heterocycles. The molecule has 4 heteroatoms. The number of nitrogens with zero attached hydrogens (tertiary/aromatic N) is 1. The largest absolute Gasteiger partial charge is 0.478 e. The van der Waals surface area contributed by atoms with E-state index in [1.807, 2.05) is 0 Å². The van der Waals surface area contributed by atoms with Gasteiger partial charge in [-0.1, -0.05) is 13.8 Å². The molecule has 1 aromatic heterocycles. The minimum Gasteiger partial charge on any atom is -0.478 e. The molecular weight excluding hydrogens is 198 g/mol. The third-order valence-corrected chi connectivity index (χ3v) is 2.59. The van der Waals surface area contributed by atoms with E-state index in [1.54, 1.807) is 30.8 Å². The minimum atomic E-state index is -0.920. The number of thioether (sulfide) groups is 1. The maximum atomic E-state index is 10.7. The summed E-state index contributed by atoms with van der Waals surface area (Å²) in [7, 11) is 0. The molecule has 0 bridgehead atoms. The zero-order chi connectivity index (χ0) is 10.7. The molecule has 0 aliphatic heterocycles. The number of carbonyl (C=O) groups is 1. The second-order valence-electron chi connectivity index (χ2n) is 3.25. The molecule has 14 heavy (non-hydrogen) atoms. The van der Waals surface area contributed by atoms with Gasteiger partial charge < -0.3 is 5.11 Å². The number of carboxylic acid groups (broad SMARTS) is 1. The summed E-state index contributed by atoms with van der Waals surface area (Å²) in [5.74, 6) is -0.920. The van der Waals surface area contributed by atoms with Gasteiger partial charge in [0.05, 0.1) is 16.3 Å². The highest BCUT2D eigenvalue weighted by molar-refractivity contribution is 7.99. The Hall–Kier alpha value is -1.03. The number of hydrogen-bond donors (Lipinski definition) is 1. The Morgan fingerprint density at radius 3 is 2.57 bits per heavy atom. The molecule has 0 saturated heterocycles. The first-order valence-electron chi connectivity index (χ1n) is 4.38. The fourth-order valence-electron chi connectivity index (χ4n) is 1.07. The van der Waals surface area contributed by atoms with Crippen molar-refractivity contribution in [2.75, 3.05) is 0 Å². The molecule has 1 aromatic rings. The van der Waals surface area contributed by atoms with Gasteiger partial charge in [-0.25, -0.2) is 9.78 Å². The third-order valence-electron chi connectivity index (χ3n) is 1.65. The van der Waals surface area contributed by atoms with Gasteiger partial charge in [0.2, 0.25) is 0 Å². The van der Waals surface area contributed by atoms with Crippen molar-refractivity contribution in [2.45, 2.75) is 31.0 Å². The van der Waals surface area contributed by atoms with E-state index in [0.717, 1.165) is 5.03 Å². The first-order chi connectivity index (χ1) is 6.50. The van der Waals surface area contributed by atoms with E-state index in [-0.39, 0.29) is 5.56 Å². The number of rotatable bonds is 3. The predicted molar refractivity (Wildman–Crippen MR) is 56.9 cm³/mol. The van der Waals surface area contributed by atoms with Crippen molar-refractivity contribution in [3.05, 3.63) is 23.4 Å². The van der Waals surface area contributed by atoms with Crippen LogP contribution in [0.25, 0.3) is 0 Å². The Balaban J connectivity index is 2.94. The summed E-state index contributed by atoms with van der Waals surface area (Å²) in [5, 5.41) is 10.1. The molecule has 0 amide bonds. The highest BCUT2D eigenvalue weighted by atomic mass is 32.2. The molecule has 0 aromatic carbocycles. The standard InChI is InChI=1S/C10H13NO2S/c1-6(2)14-9-5-4-8(10(12)13)7(3)11-9/h4-6H,1-3H3,(H,12,13). The number of aryl methyl sites for hydroxylation is 1. The van der Waals surface area contributed by atoms with Crippen LogP contribution in [0.2, 0.25) is 0 Å². The molecule has 0 radical (unpaired) electrons. The Morgan fingerprint density at radius 2 is 2.14 bits per heavy atom. The normalized spacial score (nSPS) is 10.6. The summed E-state index contributed by atoms with van der Waals surface area (Å²) in [6, 6.07) is 3.36. The van der Waals surface area contributed by atoms with Gasteiger partial charge in [0.1, 0.15) is 0 Å². The number of aromatic carboxylic acids is 1. The molecule has 0 saturated carbocycles. The molecule has 3 nitrogen and oxygen atoms in total. The van der Waals surface area contributed by atoms with Crippen LogP contribution in [-0.2, 0) is 0 Å². The lowest BCUT2D eigenvalue weighted by Crippen LogP contribution is -2.02. The lowest BCUT2D eigenvalue weighted by Gasteiger charge is -2.06. The maximum absolute atomic E-state index is 10.7. The van der Waals surface area contributed by atoms with Gasteiger partial charge in [-0.3, -0.25) is 0 Å². The van der Waals surface area contributed by atoms with E-state index < -0.39 is 5.97 Å². The van der Waals surface area contributed by atoms with Crippen molar-refractivity contribution in [2.24, 2.45) is 0 Å². The van der Waals surface area contributed by atoms with Crippen LogP contribution in [0.5, 0.6) is 0 Å². The number of hydrogen-bond acceptors (Lipinski definition) is 3. The molecule has 1 rings (SSSR count). The highest BCUT2D eigenvalue weighted by Crippen LogP contribution is 2.21. The topological polar surface area (TPSA) is 50.2 Å². The molecule has 0 unspecified atom stereocenters. The van der Waals surface area contributed by atoms with E-state index in [1.165, 1.54) is 0 Å². The Morgan fingerprint density at radius 1 is 1.50 bits per heavy atom. The SMILES string of the molecule is Cc1nc(SC(C)C)ccc1C(=O)O. The summed E-state index contributed by atoms with van der Waals surface area (Å²) >= 11 is 1.63. The summed E-state index contributed by atoms with van der Waals surface area (Å²) < 4.78 is 0. The van der Waals surface area contributed by atoms with Crippen LogP contribution >= 0.6 is 11.8 Å². The average Bonchev–Trinajstić information content (AvgIpc) is 2.01. The fourth-order valence-corrected chi connectivity index (χ4v) is 1.89. The van der Waals surface area contributed by atoms with E-state index in [4.69, 9.17) is 5.11 Å². The highest BCUT2D eigenvalue weighted by Gasteiger charge is 2.09. The summed E-state index contributed by atoms with van der Waals surface area (Å²) in [6.07, 6.45) is 0. The van der Waals surface area contributed by atoms with Crippen LogP contribution in [0.3, 0.4) is 0 Å². The van der Waals surface area contributed by atoms with Crippen molar-refractivity contribution in [1.82, 2.24) is 4.98 Å². The third kappa shape index (κ3) is 2.73. The Bertz CT molecular complexity index is 350. The fraction of sp³-hybridized carbons (Fsp3) is 0.400. The zero-order valence-corrected chi connectivity index (χ0v) is 9.26. The molecule has 0 atom stereocenters. The quantitative estimate of drug-likeness (QED) is 0.781. The first-order valence-corrected chi connectivity index (χ1v) is 5.26. The van der Waals surface area contributed by atoms with Crippen LogP contribution < -0.4 is 0 Å². The van der Waals surface area contributed by atoms with E-state index in [0.29, 0.717) is 10.9 Å². The smallest absolute Gasteiger partial charge is 0.337 e. The zero-order valence-electron chi connectivity index (χ0n) is 8.44. The van der Waals surface area contributed by atoms with Crippen LogP contribution in [0.4, 0.5) is 0 Å². The van der Waals surface area contributed by atoms with Gasteiger partial charge in [-0.05, 0) is 19.1 Å². The molecule has 1 N–H and O–H groups in total. The summed E-state index contributed by atoms with van der Waals surface area (Å²) in [5.41, 5.74) is 0.848. The second kappa shape index (κ2) is 4.46. The van der Waals surface area contributed by atoms with Crippen molar-refractivity contribution in [3.63, 3.8) is 0 Å².